The molecule has 0 atom stereocenters. The molecule has 17 rings (SSSR count). The van der Waals surface area contributed by atoms with Gasteiger partial charge in [-0.2, -0.15) is 0 Å². The molecule has 3 fully saturated rings. The first-order valence-electron chi connectivity index (χ1n) is 38.5. The highest BCUT2D eigenvalue weighted by Crippen LogP contribution is 2.43. The lowest BCUT2D eigenvalue weighted by Crippen LogP contribution is -2.42. The minimum atomic E-state index is -2.70. The minimum absolute atomic E-state index is 0.0397. The van der Waals surface area contributed by atoms with Gasteiger partial charge in [-0.25, -0.2) is 41.1 Å². The summed E-state index contributed by atoms with van der Waals surface area (Å²) in [7, 11) is 0. The number of pyridine rings is 5. The number of alkyl halides is 8. The van der Waals surface area contributed by atoms with E-state index in [0.29, 0.717) is 114 Å². The van der Waals surface area contributed by atoms with Crippen molar-refractivity contribution in [1.29, 1.82) is 0 Å². The molecule has 2 saturated carbocycles. The van der Waals surface area contributed by atoms with E-state index in [2.05, 4.69) is 55.5 Å². The number of allylic oxidation sites excluding steroid dienone is 1. The van der Waals surface area contributed by atoms with Gasteiger partial charge in [0.1, 0.15) is 45.7 Å². The van der Waals surface area contributed by atoms with Crippen molar-refractivity contribution in [2.45, 2.75) is 115 Å². The van der Waals surface area contributed by atoms with Gasteiger partial charge in [-0.1, -0.05) is 6.92 Å². The number of rotatable bonds is 20. The molecule has 0 bridgehead atoms. The maximum absolute atomic E-state index is 13.5. The number of nitrogens with zero attached hydrogens (tertiary/aromatic N) is 12. The second-order valence-corrected chi connectivity index (χ2v) is 29.6. The number of nitrogens with two attached hydrogens (primary N) is 3. The zero-order chi connectivity index (χ0) is 86.2. The topological polar surface area (TPSA) is 408 Å². The summed E-state index contributed by atoms with van der Waals surface area (Å²) in [6.45, 7) is 2.33. The third kappa shape index (κ3) is 22.0. The molecule has 11 aromatic heterocycles. The second kappa shape index (κ2) is 38.8. The van der Waals surface area contributed by atoms with Gasteiger partial charge in [0.05, 0.1) is 51.2 Å². The van der Waals surface area contributed by atoms with Crippen molar-refractivity contribution < 1.29 is 81.9 Å². The smallest absolute Gasteiger partial charge is 0.328 e. The Bertz CT molecular complexity index is 5810. The summed E-state index contributed by atoms with van der Waals surface area (Å²) in [4.78, 5) is 83.6. The van der Waals surface area contributed by atoms with Crippen LogP contribution >= 0.6 is 23.2 Å². The highest BCUT2D eigenvalue weighted by Gasteiger charge is 2.40. The van der Waals surface area contributed by atoms with Crippen molar-refractivity contribution in [3.63, 3.8) is 0 Å². The Balaban J connectivity index is 0.000000147. The summed E-state index contributed by atoms with van der Waals surface area (Å²) in [6, 6.07) is 33.9. The number of hydrogen-bond donors (Lipinski definition) is 4. The largest absolute Gasteiger partial charge is 0.478 e. The number of carboxylic acids is 1. The van der Waals surface area contributed by atoms with Gasteiger partial charge in [-0.3, -0.25) is 34.1 Å². The standard InChI is InChI=1S/C32H27F2N5O4.2C23H20F2N4O3.C8H8N2O2.CH2Cl2/c33-32(34)11-9-20(10-12-32)29(41)21-3-7-27(36-17-21)22-13-23-14-25(43-30(23)26(15-22)31-39-38-18-42-31)6-5-24(40)4-1-19-2-8-28(35)37-16-19;24-23(25)5-3-13(4-6-23)20(30)14-1-2-19(27-11-14)15-7-16-8-17(10-26)32-21(16)18(9-15)22-29-28-12-31-22;1-2-17-10-16-9-15(11-18(20(16)32-17)21-28-27-13-31-21)19-4-3-14(12-26-19)22(30)29-7-5-23(24,25)6-8-29;9-7-3-1-6(5-10-7)2-4-8(11)12;2-1-3/h1-4,7-8,13-18,20H,5-6,9-12H2,(H2,35,37);1-2,7-9,11-13H,3-6,10,26H2;3-4,9-13H,2,5-8H2,1H3;1-5H,(H2,9,10)(H,11,12);1H2/b4-1+;;;4-2+;. The van der Waals surface area contributed by atoms with Crippen molar-refractivity contribution in [1.82, 2.24) is 60.4 Å². The number of halogens is 8. The number of hydrogen-bond acceptors (Lipinski definition) is 25. The maximum Gasteiger partial charge on any atom is 0.328 e. The number of benzene rings is 3. The fourth-order valence-corrected chi connectivity index (χ4v) is 13.9. The molecular weight excluding hydrogens is 1630 g/mol. The van der Waals surface area contributed by atoms with Crippen LogP contribution in [0.1, 0.15) is 137 Å². The van der Waals surface area contributed by atoms with Crippen LogP contribution in [0.25, 0.3) is 113 Å². The first-order chi connectivity index (χ1) is 58.7. The van der Waals surface area contributed by atoms with E-state index in [9.17, 15) is 50.3 Å². The third-order valence-corrected chi connectivity index (χ3v) is 20.4. The minimum Gasteiger partial charge on any atom is -0.478 e. The average Bonchev–Trinajstić information content (AvgIpc) is 1.61. The molecule has 628 valence electrons. The van der Waals surface area contributed by atoms with Crippen molar-refractivity contribution in [2.24, 2.45) is 17.6 Å². The molecule has 14 aromatic rings. The molecule has 3 aromatic carbocycles. The molecule has 0 radical (unpaired) electrons. The molecule has 0 unspecified atom stereocenters. The molecule has 1 saturated heterocycles. The summed E-state index contributed by atoms with van der Waals surface area (Å²) in [5.41, 5.74) is 27.1. The van der Waals surface area contributed by atoms with E-state index in [1.54, 1.807) is 72.9 Å². The number of furan rings is 3. The number of piperidine rings is 1. The molecule has 7 N–H and O–H groups in total. The number of carboxylic acid groups (broad SMARTS) is 1. The Morgan fingerprint density at radius 3 is 1.25 bits per heavy atom. The number of carbonyl (C=O) groups excluding carboxylic acids is 4. The predicted octanol–water partition coefficient (Wildman–Crippen LogP) is 18.9. The molecule has 27 nitrogen and oxygen atoms in total. The highest BCUT2D eigenvalue weighted by molar-refractivity contribution is 6.40. The van der Waals surface area contributed by atoms with Crippen LogP contribution in [0.15, 0.2) is 204 Å². The Kier molecular flexibility index (Phi) is 27.5. The van der Waals surface area contributed by atoms with Crippen LogP contribution < -0.4 is 17.2 Å². The quantitative estimate of drug-likeness (QED) is 0.0238. The van der Waals surface area contributed by atoms with E-state index in [-0.39, 0.29) is 131 Å². The van der Waals surface area contributed by atoms with Crippen LogP contribution in [0.2, 0.25) is 0 Å². The van der Waals surface area contributed by atoms with Gasteiger partial charge >= 0.3 is 5.97 Å². The zero-order valence-corrected chi connectivity index (χ0v) is 66.6. The maximum atomic E-state index is 13.5. The predicted molar refractivity (Wildman–Crippen MR) is 441 cm³/mol. The number of Topliss-reactive ketones (excluding diaryl/α,β-unsaturated/α-hetero) is 2. The van der Waals surface area contributed by atoms with Gasteiger partial charge in [0, 0.05) is 164 Å². The monoisotopic (exact) mass is 1710 g/mol. The lowest BCUT2D eigenvalue weighted by atomic mass is 9.82. The van der Waals surface area contributed by atoms with E-state index < -0.39 is 29.7 Å². The Morgan fingerprint density at radius 2 is 0.877 bits per heavy atom. The van der Waals surface area contributed by atoms with Crippen LogP contribution in [0.5, 0.6) is 0 Å². The van der Waals surface area contributed by atoms with Gasteiger partial charge in [-0.15, -0.1) is 53.8 Å². The summed E-state index contributed by atoms with van der Waals surface area (Å²) in [5.74, 6) is -6.72. The van der Waals surface area contributed by atoms with Gasteiger partial charge in [0.25, 0.3) is 29.5 Å². The molecule has 35 heteroatoms. The van der Waals surface area contributed by atoms with Gasteiger partial charge < -0.3 is 53.7 Å². The SMILES string of the molecule is CCc1cc2cc(-c3ccc(C(=O)N4CCC(F)(F)CC4)cn3)cc(-c3nnco3)c2o1.ClCCl.NCc1cc2cc(-c3ccc(C(=O)C4CCC(F)(F)CC4)cn3)cc(-c3nnco3)c2o1.Nc1ccc(/C=C/C(=O)CCc2cc3cc(-c4ccc(C(=O)C5CCC(F)(F)CC5)cn4)cc(-c4nnco4)c3o2)cn1.Nc1ccc(/C=C/C(=O)O)cn1. The Labute approximate surface area is 700 Å². The van der Waals surface area contributed by atoms with Crippen LogP contribution in [-0.2, 0) is 29.0 Å². The van der Waals surface area contributed by atoms with Crippen molar-refractivity contribution >= 4 is 109 Å². The molecule has 2 aliphatic carbocycles. The molecule has 0 spiro atoms. The van der Waals surface area contributed by atoms with Gasteiger partial charge in [0.2, 0.25) is 31.0 Å². The number of amides is 1. The van der Waals surface area contributed by atoms with Crippen LogP contribution in [0.3, 0.4) is 0 Å². The zero-order valence-electron chi connectivity index (χ0n) is 65.1. The number of anilines is 2. The number of fused-ring (bicyclic) bond motifs is 3. The van der Waals surface area contributed by atoms with E-state index in [1.165, 1.54) is 61.0 Å². The number of aryl methyl sites for hydroxylation is 2. The molecule has 1 amide bonds. The number of carbonyl (C=O) groups is 5. The summed E-state index contributed by atoms with van der Waals surface area (Å²) < 4.78 is 115. The lowest BCUT2D eigenvalue weighted by molar-refractivity contribution is -0.131. The molecular formula is C87H77Cl2F6N15O12. The fourth-order valence-electron chi connectivity index (χ4n) is 13.9. The van der Waals surface area contributed by atoms with Crippen molar-refractivity contribution in [3.05, 3.63) is 223 Å². The number of nitrogen functional groups attached to an aromatic ring is 2. The van der Waals surface area contributed by atoms with E-state index >= 15 is 0 Å². The van der Waals surface area contributed by atoms with E-state index in [4.69, 9.17) is 72.0 Å². The molecule has 3 aliphatic rings. The Morgan fingerprint density at radius 1 is 0.492 bits per heavy atom. The lowest BCUT2D eigenvalue weighted by Gasteiger charge is -2.31. The number of aliphatic carboxylic acids is 1. The van der Waals surface area contributed by atoms with E-state index in [0.717, 1.165) is 56.7 Å². The first-order valence-corrected chi connectivity index (χ1v) is 39.5. The van der Waals surface area contributed by atoms with E-state index in [1.807, 2.05) is 61.5 Å². The number of aromatic nitrogens is 11. The molecule has 12 heterocycles. The number of likely N-dealkylation sites (tertiary alicyclic amines) is 1. The molecule has 122 heavy (non-hydrogen) atoms. The molecule has 1 aliphatic heterocycles. The summed E-state index contributed by atoms with van der Waals surface area (Å²) in [5, 5.41) is 34.2. The van der Waals surface area contributed by atoms with Crippen LogP contribution in [0.4, 0.5) is 38.0 Å². The fraction of sp³-hybridized carbons (Fsp3) is 0.264. The third-order valence-electron chi connectivity index (χ3n) is 20.4. The van der Waals surface area contributed by atoms with Crippen LogP contribution in [-0.4, -0.2) is 131 Å². The Hall–Kier alpha value is -13.4. The van der Waals surface area contributed by atoms with Gasteiger partial charge in [-0.05, 0) is 170 Å². The highest BCUT2D eigenvalue weighted by atomic mass is 35.5. The first kappa shape index (κ1) is 86.4. The summed E-state index contributed by atoms with van der Waals surface area (Å²) >= 11 is 9.53. The summed E-state index contributed by atoms with van der Waals surface area (Å²) in [6.07, 6.45) is 17.4. The van der Waals surface area contributed by atoms with Crippen molar-refractivity contribution in [2.75, 3.05) is 29.9 Å². The van der Waals surface area contributed by atoms with Crippen molar-refractivity contribution in [3.8, 4) is 68.1 Å². The average molecular weight is 1710 g/mol. The normalized spacial score (nSPS) is 15.0. The van der Waals surface area contributed by atoms with Crippen LogP contribution in [0, 0.1) is 11.8 Å². The second-order valence-electron chi connectivity index (χ2n) is 28.8. The van der Waals surface area contributed by atoms with Gasteiger partial charge in [0.15, 0.2) is 17.3 Å². The number of ketones is 3.